The monoisotopic (exact) mass is 272 g/mol. The van der Waals surface area contributed by atoms with E-state index in [4.69, 9.17) is 4.42 Å². The summed E-state index contributed by atoms with van der Waals surface area (Å²) in [4.78, 5) is 22.4. The van der Waals surface area contributed by atoms with Gasteiger partial charge in [-0.2, -0.15) is 5.10 Å². The molecule has 0 fully saturated rings. The number of fused-ring (bicyclic) bond motifs is 1. The van der Waals surface area contributed by atoms with Crippen molar-refractivity contribution in [3.05, 3.63) is 52.3 Å². The first-order valence-electron chi connectivity index (χ1n) is 5.63. The molecule has 0 aliphatic carbocycles. The van der Waals surface area contributed by atoms with Crippen molar-refractivity contribution in [3.63, 3.8) is 0 Å². The summed E-state index contributed by atoms with van der Waals surface area (Å²) in [7, 11) is 0. The van der Waals surface area contributed by atoms with Crippen LogP contribution in [0, 0.1) is 10.1 Å². The van der Waals surface area contributed by atoms with Crippen LogP contribution in [0.15, 0.2) is 41.0 Å². The molecule has 100 valence electrons. The molecule has 0 spiro atoms. The molecule has 2 aromatic heterocycles. The normalized spacial score (nSPS) is 10.6. The zero-order chi connectivity index (χ0) is 14.1. The summed E-state index contributed by atoms with van der Waals surface area (Å²) >= 11 is 0. The standard InChI is InChI=1S/C12H8N4O4/c17-12(7-3-1-2-4-9(7)16(18)19)13-11-10-8(14-15-11)5-6-20-10/h1-6H,(H2,13,14,15,17). The lowest BCUT2D eigenvalue weighted by Gasteiger charge is -2.02. The van der Waals surface area contributed by atoms with Gasteiger partial charge in [0.1, 0.15) is 11.1 Å². The van der Waals surface area contributed by atoms with Gasteiger partial charge in [-0.3, -0.25) is 20.0 Å². The molecule has 1 amide bonds. The van der Waals surface area contributed by atoms with Crippen molar-refractivity contribution in [3.8, 4) is 0 Å². The predicted molar refractivity (Wildman–Crippen MR) is 69.4 cm³/mol. The fourth-order valence-corrected chi connectivity index (χ4v) is 1.83. The van der Waals surface area contributed by atoms with E-state index in [2.05, 4.69) is 15.5 Å². The lowest BCUT2D eigenvalue weighted by Crippen LogP contribution is -2.14. The Hall–Kier alpha value is -3.16. The van der Waals surface area contributed by atoms with Gasteiger partial charge in [0.25, 0.3) is 11.6 Å². The van der Waals surface area contributed by atoms with Crippen LogP contribution in [0.1, 0.15) is 10.4 Å². The summed E-state index contributed by atoms with van der Waals surface area (Å²) in [5.74, 6) is -0.435. The van der Waals surface area contributed by atoms with Crippen LogP contribution < -0.4 is 5.32 Å². The number of hydrogen-bond acceptors (Lipinski definition) is 5. The summed E-state index contributed by atoms with van der Waals surface area (Å²) in [6.07, 6.45) is 1.45. The van der Waals surface area contributed by atoms with Gasteiger partial charge in [-0.15, -0.1) is 0 Å². The van der Waals surface area contributed by atoms with Crippen molar-refractivity contribution >= 4 is 28.5 Å². The van der Waals surface area contributed by atoms with Crippen molar-refractivity contribution in [1.82, 2.24) is 10.2 Å². The maximum atomic E-state index is 12.1. The third kappa shape index (κ3) is 1.88. The number of aromatic nitrogens is 2. The number of carbonyl (C=O) groups is 1. The van der Waals surface area contributed by atoms with Crippen molar-refractivity contribution < 1.29 is 14.1 Å². The second-order valence-electron chi connectivity index (χ2n) is 3.96. The molecule has 2 N–H and O–H groups in total. The Morgan fingerprint density at radius 2 is 2.15 bits per heavy atom. The lowest BCUT2D eigenvalue weighted by atomic mass is 10.1. The Kier molecular flexibility index (Phi) is 2.68. The van der Waals surface area contributed by atoms with E-state index in [9.17, 15) is 14.9 Å². The number of nitrogens with one attached hydrogen (secondary N) is 2. The van der Waals surface area contributed by atoms with Crippen molar-refractivity contribution in [1.29, 1.82) is 0 Å². The van der Waals surface area contributed by atoms with Gasteiger partial charge >= 0.3 is 0 Å². The van der Waals surface area contributed by atoms with E-state index < -0.39 is 10.8 Å². The van der Waals surface area contributed by atoms with Gasteiger partial charge in [0.2, 0.25) is 0 Å². The van der Waals surface area contributed by atoms with Crippen LogP contribution in [0.3, 0.4) is 0 Å². The highest BCUT2D eigenvalue weighted by Gasteiger charge is 2.21. The predicted octanol–water partition coefficient (Wildman–Crippen LogP) is 2.32. The van der Waals surface area contributed by atoms with Crippen molar-refractivity contribution in [2.45, 2.75) is 0 Å². The van der Waals surface area contributed by atoms with Crippen LogP contribution in [0.5, 0.6) is 0 Å². The molecule has 3 aromatic rings. The number of nitro groups is 1. The molecule has 0 bridgehead atoms. The number of nitrogens with zero attached hydrogens (tertiary/aromatic N) is 2. The van der Waals surface area contributed by atoms with E-state index in [1.807, 2.05) is 0 Å². The summed E-state index contributed by atoms with van der Waals surface area (Å²) in [6.45, 7) is 0. The highest BCUT2D eigenvalue weighted by Crippen LogP contribution is 2.23. The second-order valence-corrected chi connectivity index (χ2v) is 3.96. The molecule has 2 heterocycles. The molecular formula is C12H8N4O4. The van der Waals surface area contributed by atoms with Crippen molar-refractivity contribution in [2.75, 3.05) is 5.32 Å². The number of para-hydroxylation sites is 1. The van der Waals surface area contributed by atoms with Gasteiger partial charge in [0, 0.05) is 12.1 Å². The highest BCUT2D eigenvalue weighted by molar-refractivity contribution is 6.09. The molecule has 0 aliphatic rings. The number of furan rings is 1. The van der Waals surface area contributed by atoms with Gasteiger partial charge in [-0.05, 0) is 6.07 Å². The zero-order valence-electron chi connectivity index (χ0n) is 9.99. The van der Waals surface area contributed by atoms with Gasteiger partial charge in [-0.1, -0.05) is 12.1 Å². The average molecular weight is 272 g/mol. The van der Waals surface area contributed by atoms with Crippen LogP contribution >= 0.6 is 0 Å². The fourth-order valence-electron chi connectivity index (χ4n) is 1.83. The van der Waals surface area contributed by atoms with E-state index in [-0.39, 0.29) is 17.1 Å². The first-order chi connectivity index (χ1) is 9.66. The number of benzene rings is 1. The Balaban J connectivity index is 1.94. The minimum Gasteiger partial charge on any atom is -0.459 e. The number of amides is 1. The summed E-state index contributed by atoms with van der Waals surface area (Å²) in [5, 5.41) is 19.9. The number of nitro benzene ring substituents is 1. The topological polar surface area (TPSA) is 114 Å². The Morgan fingerprint density at radius 3 is 2.95 bits per heavy atom. The minimum atomic E-state index is -0.623. The number of H-pyrrole nitrogens is 1. The van der Waals surface area contributed by atoms with E-state index in [0.29, 0.717) is 11.1 Å². The number of aromatic amines is 1. The van der Waals surface area contributed by atoms with Gasteiger partial charge in [-0.25, -0.2) is 0 Å². The Bertz CT molecular complexity index is 805. The van der Waals surface area contributed by atoms with Crippen LogP contribution in [0.25, 0.3) is 11.1 Å². The lowest BCUT2D eigenvalue weighted by molar-refractivity contribution is -0.385. The van der Waals surface area contributed by atoms with Crippen LogP contribution in [0.4, 0.5) is 11.5 Å². The summed E-state index contributed by atoms with van der Waals surface area (Å²) in [5.41, 5.74) is 0.705. The fraction of sp³-hybridized carbons (Fsp3) is 0. The van der Waals surface area contributed by atoms with E-state index >= 15 is 0 Å². The quantitative estimate of drug-likeness (QED) is 0.561. The van der Waals surface area contributed by atoms with E-state index in [1.165, 1.54) is 24.5 Å². The molecule has 0 saturated heterocycles. The van der Waals surface area contributed by atoms with Crippen LogP contribution in [0.2, 0.25) is 0 Å². The third-order valence-corrected chi connectivity index (χ3v) is 2.75. The van der Waals surface area contributed by atoms with E-state index in [0.717, 1.165) is 0 Å². The molecule has 0 aliphatic heterocycles. The highest BCUT2D eigenvalue weighted by atomic mass is 16.6. The molecule has 20 heavy (non-hydrogen) atoms. The van der Waals surface area contributed by atoms with Crippen LogP contribution in [-0.4, -0.2) is 21.0 Å². The third-order valence-electron chi connectivity index (χ3n) is 2.75. The molecule has 1 aromatic carbocycles. The summed E-state index contributed by atoms with van der Waals surface area (Å²) < 4.78 is 5.16. The number of hydrogen-bond donors (Lipinski definition) is 2. The van der Waals surface area contributed by atoms with Gasteiger partial charge in [0.05, 0.1) is 11.2 Å². The number of anilines is 1. The van der Waals surface area contributed by atoms with Crippen molar-refractivity contribution in [2.24, 2.45) is 0 Å². The van der Waals surface area contributed by atoms with Gasteiger partial charge < -0.3 is 9.73 Å². The summed E-state index contributed by atoms with van der Waals surface area (Å²) in [6, 6.07) is 7.34. The SMILES string of the molecule is O=C(Nc1n[nH]c2ccoc12)c1ccccc1[N+](=O)[O-]. The molecule has 0 atom stereocenters. The first-order valence-corrected chi connectivity index (χ1v) is 5.63. The molecular weight excluding hydrogens is 264 g/mol. The number of carbonyl (C=O) groups excluding carboxylic acids is 1. The largest absolute Gasteiger partial charge is 0.459 e. The van der Waals surface area contributed by atoms with E-state index in [1.54, 1.807) is 12.1 Å². The maximum absolute atomic E-state index is 12.1. The van der Waals surface area contributed by atoms with Crippen LogP contribution in [-0.2, 0) is 0 Å². The Morgan fingerprint density at radius 1 is 1.35 bits per heavy atom. The molecule has 3 rings (SSSR count). The average Bonchev–Trinajstić information content (AvgIpc) is 3.03. The first kappa shape index (κ1) is 11.9. The zero-order valence-corrected chi connectivity index (χ0v) is 9.99. The number of rotatable bonds is 3. The molecule has 0 unspecified atom stereocenters. The maximum Gasteiger partial charge on any atom is 0.282 e. The van der Waals surface area contributed by atoms with Gasteiger partial charge in [0.15, 0.2) is 11.4 Å². The second kappa shape index (κ2) is 4.50. The molecule has 0 saturated carbocycles. The molecule has 0 radical (unpaired) electrons. The molecule has 8 nitrogen and oxygen atoms in total. The Labute approximate surface area is 111 Å². The minimum absolute atomic E-state index is 0.0415. The molecule has 8 heteroatoms. The smallest absolute Gasteiger partial charge is 0.282 e.